The maximum atomic E-state index is 12.9. The minimum Gasteiger partial charge on any atom is -0.325 e. The molecule has 1 aromatic carbocycles. The summed E-state index contributed by atoms with van der Waals surface area (Å²) in [6, 6.07) is 5.94. The molecule has 0 aromatic heterocycles. The molecule has 4 saturated carbocycles. The second kappa shape index (κ2) is 7.34. The molecule has 5 nitrogen and oxygen atoms in total. The fraction of sp³-hybridized carbons (Fsp3) is 0.609. The Hall–Kier alpha value is -2.17. The van der Waals surface area contributed by atoms with Crippen molar-refractivity contribution in [2.45, 2.75) is 65.7 Å². The number of aryl methyl sites for hydroxylation is 2. The number of amides is 2. The first-order valence-corrected chi connectivity index (χ1v) is 10.5. The van der Waals surface area contributed by atoms with E-state index < -0.39 is 0 Å². The largest absolute Gasteiger partial charge is 0.325 e. The molecule has 0 aliphatic heterocycles. The van der Waals surface area contributed by atoms with Crippen LogP contribution in [0.15, 0.2) is 23.3 Å². The zero-order valence-corrected chi connectivity index (χ0v) is 17.2. The summed E-state index contributed by atoms with van der Waals surface area (Å²) in [4.78, 5) is 25.3. The van der Waals surface area contributed by atoms with Gasteiger partial charge in [-0.05, 0) is 88.2 Å². The van der Waals surface area contributed by atoms with Gasteiger partial charge in [-0.15, -0.1) is 0 Å². The van der Waals surface area contributed by atoms with E-state index in [1.807, 2.05) is 32.0 Å². The van der Waals surface area contributed by atoms with Crippen LogP contribution in [-0.2, 0) is 9.59 Å². The van der Waals surface area contributed by atoms with Gasteiger partial charge in [0.05, 0.1) is 11.8 Å². The molecule has 1 aromatic rings. The van der Waals surface area contributed by atoms with E-state index in [0.717, 1.165) is 53.8 Å². The van der Waals surface area contributed by atoms with Crippen LogP contribution in [0.5, 0.6) is 0 Å². The number of anilines is 1. The van der Waals surface area contributed by atoms with Crippen molar-refractivity contribution in [2.75, 3.05) is 5.32 Å². The third-order valence-electron chi connectivity index (χ3n) is 7.03. The lowest BCUT2D eigenvalue weighted by Gasteiger charge is -2.55. The summed E-state index contributed by atoms with van der Waals surface area (Å²) in [5.74, 6) is 2.14. The van der Waals surface area contributed by atoms with Crippen molar-refractivity contribution in [3.05, 3.63) is 29.3 Å². The predicted octanol–water partition coefficient (Wildman–Crippen LogP) is 4.34. The molecule has 4 aliphatic carbocycles. The smallest absolute Gasteiger partial charge is 0.246 e. The van der Waals surface area contributed by atoms with Crippen LogP contribution in [0.4, 0.5) is 5.69 Å². The molecule has 0 heterocycles. The van der Waals surface area contributed by atoms with Gasteiger partial charge in [-0.3, -0.25) is 9.59 Å². The minimum atomic E-state index is -0.209. The summed E-state index contributed by atoms with van der Waals surface area (Å²) < 4.78 is 0. The number of para-hydroxylation sites is 1. The number of benzene rings is 1. The van der Waals surface area contributed by atoms with Gasteiger partial charge in [-0.25, -0.2) is 5.43 Å². The predicted molar refractivity (Wildman–Crippen MR) is 111 cm³/mol. The van der Waals surface area contributed by atoms with E-state index in [4.69, 9.17) is 0 Å². The van der Waals surface area contributed by atoms with E-state index in [0.29, 0.717) is 5.71 Å². The summed E-state index contributed by atoms with van der Waals surface area (Å²) in [5, 5.41) is 7.24. The lowest BCUT2D eigenvalue weighted by Crippen LogP contribution is -2.52. The zero-order chi connectivity index (χ0) is 19.9. The van der Waals surface area contributed by atoms with Gasteiger partial charge in [-0.1, -0.05) is 18.2 Å². The number of hydrogen-bond acceptors (Lipinski definition) is 3. The highest BCUT2D eigenvalue weighted by Gasteiger charge is 2.54. The topological polar surface area (TPSA) is 70.6 Å². The molecule has 4 aliphatic rings. The van der Waals surface area contributed by atoms with Gasteiger partial charge in [0.25, 0.3) is 0 Å². The minimum absolute atomic E-state index is 0.0705. The summed E-state index contributed by atoms with van der Waals surface area (Å²) in [6.45, 7) is 5.76. The quantitative estimate of drug-likeness (QED) is 0.588. The maximum absolute atomic E-state index is 12.9. The molecule has 0 unspecified atom stereocenters. The molecule has 0 saturated heterocycles. The van der Waals surface area contributed by atoms with Crippen LogP contribution in [-0.4, -0.2) is 17.5 Å². The van der Waals surface area contributed by atoms with Crippen LogP contribution in [0.25, 0.3) is 0 Å². The van der Waals surface area contributed by atoms with Gasteiger partial charge in [-0.2, -0.15) is 5.10 Å². The molecule has 28 heavy (non-hydrogen) atoms. The number of hydrogen-bond donors (Lipinski definition) is 2. The lowest BCUT2D eigenvalue weighted by atomic mass is 9.49. The highest BCUT2D eigenvalue weighted by atomic mass is 16.2. The lowest BCUT2D eigenvalue weighted by molar-refractivity contribution is -0.146. The summed E-state index contributed by atoms with van der Waals surface area (Å²) in [6.07, 6.45) is 7.17. The van der Waals surface area contributed by atoms with Gasteiger partial charge >= 0.3 is 0 Å². The van der Waals surface area contributed by atoms with E-state index in [1.165, 1.54) is 19.3 Å². The van der Waals surface area contributed by atoms with Crippen LogP contribution in [0.1, 0.15) is 63.0 Å². The van der Waals surface area contributed by atoms with E-state index in [9.17, 15) is 9.59 Å². The average Bonchev–Trinajstić information content (AvgIpc) is 2.61. The molecular weight excluding hydrogens is 350 g/mol. The van der Waals surface area contributed by atoms with E-state index in [1.54, 1.807) is 6.92 Å². The van der Waals surface area contributed by atoms with Gasteiger partial charge in [0, 0.05) is 11.4 Å². The number of hydrazone groups is 1. The highest BCUT2D eigenvalue weighted by molar-refractivity contribution is 6.06. The van der Waals surface area contributed by atoms with Crippen LogP contribution < -0.4 is 10.7 Å². The Morgan fingerprint density at radius 1 is 1.04 bits per heavy atom. The Morgan fingerprint density at radius 2 is 1.57 bits per heavy atom. The molecular formula is C23H31N3O2. The first-order valence-electron chi connectivity index (χ1n) is 10.5. The van der Waals surface area contributed by atoms with Crippen LogP contribution in [0.2, 0.25) is 0 Å². The molecule has 4 bridgehead atoms. The average molecular weight is 382 g/mol. The van der Waals surface area contributed by atoms with Crippen molar-refractivity contribution >= 4 is 23.2 Å². The maximum Gasteiger partial charge on any atom is 0.246 e. The summed E-state index contributed by atoms with van der Waals surface area (Å²) in [5.41, 5.74) is 6.16. The second-order valence-electron chi connectivity index (χ2n) is 9.48. The van der Waals surface area contributed by atoms with E-state index in [2.05, 4.69) is 15.8 Å². The highest BCUT2D eigenvalue weighted by Crippen LogP contribution is 2.60. The standard InChI is InChI=1S/C23H31N3O2/c1-14-5-4-6-15(2)21(14)24-20(27)7-16(3)25-26-22(28)23-11-17-8-18(12-23)10-19(9-17)13-23/h4-6,17-19H,7-13H2,1-3H3,(H,24,27)(H,26,28)/b25-16+. The Bertz CT molecular complexity index is 772. The fourth-order valence-corrected chi connectivity index (χ4v) is 6.12. The van der Waals surface area contributed by atoms with Crippen molar-refractivity contribution < 1.29 is 9.59 Å². The molecule has 0 radical (unpaired) electrons. The van der Waals surface area contributed by atoms with Crippen LogP contribution in [0.3, 0.4) is 0 Å². The van der Waals surface area contributed by atoms with Gasteiger partial charge in [0.2, 0.25) is 11.8 Å². The van der Waals surface area contributed by atoms with Crippen LogP contribution in [0, 0.1) is 37.0 Å². The van der Waals surface area contributed by atoms with Crippen molar-refractivity contribution in [3.8, 4) is 0 Å². The second-order valence-corrected chi connectivity index (χ2v) is 9.48. The van der Waals surface area contributed by atoms with Crippen LogP contribution >= 0.6 is 0 Å². The Morgan fingerprint density at radius 3 is 2.11 bits per heavy atom. The number of nitrogens with one attached hydrogen (secondary N) is 2. The molecule has 0 spiro atoms. The molecule has 0 atom stereocenters. The third-order valence-corrected chi connectivity index (χ3v) is 7.03. The molecule has 2 N–H and O–H groups in total. The zero-order valence-electron chi connectivity index (χ0n) is 17.2. The van der Waals surface area contributed by atoms with E-state index in [-0.39, 0.29) is 23.7 Å². The molecule has 150 valence electrons. The van der Waals surface area contributed by atoms with Crippen molar-refractivity contribution in [3.63, 3.8) is 0 Å². The first kappa shape index (κ1) is 19.2. The van der Waals surface area contributed by atoms with Gasteiger partial charge < -0.3 is 5.32 Å². The molecule has 5 rings (SSSR count). The van der Waals surface area contributed by atoms with Gasteiger partial charge in [0.1, 0.15) is 0 Å². The Balaban J connectivity index is 1.34. The fourth-order valence-electron chi connectivity index (χ4n) is 6.12. The monoisotopic (exact) mass is 381 g/mol. The molecule has 5 heteroatoms. The van der Waals surface area contributed by atoms with Crippen molar-refractivity contribution in [1.29, 1.82) is 0 Å². The third kappa shape index (κ3) is 3.71. The van der Waals surface area contributed by atoms with Gasteiger partial charge in [0.15, 0.2) is 0 Å². The molecule has 4 fully saturated rings. The summed E-state index contributed by atoms with van der Waals surface area (Å²) in [7, 11) is 0. The number of rotatable bonds is 5. The number of carbonyl (C=O) groups excluding carboxylic acids is 2. The normalized spacial score (nSPS) is 31.0. The van der Waals surface area contributed by atoms with Crippen molar-refractivity contribution in [1.82, 2.24) is 5.43 Å². The number of nitrogens with zero attached hydrogens (tertiary/aromatic N) is 1. The molecule has 2 amide bonds. The Kier molecular flexibility index (Phi) is 5.02. The Labute approximate surface area is 167 Å². The van der Waals surface area contributed by atoms with Crippen molar-refractivity contribution in [2.24, 2.45) is 28.3 Å². The first-order chi connectivity index (χ1) is 13.3. The van der Waals surface area contributed by atoms with E-state index >= 15 is 0 Å². The summed E-state index contributed by atoms with van der Waals surface area (Å²) >= 11 is 0. The SMILES string of the molecule is C/C(CC(=O)Nc1c(C)cccc1C)=N\NC(=O)C12CC3CC(CC(C3)C1)C2. The number of carbonyl (C=O) groups is 2.